The largest absolute Gasteiger partial charge is 0.275 e. The van der Waals surface area contributed by atoms with Gasteiger partial charge < -0.3 is 0 Å². The molecule has 20 heavy (non-hydrogen) atoms. The minimum absolute atomic E-state index is 0.119. The van der Waals surface area contributed by atoms with E-state index in [1.54, 1.807) is 0 Å². The number of aromatic nitrogens is 6. The van der Waals surface area contributed by atoms with Crippen molar-refractivity contribution < 1.29 is 0 Å². The molecule has 0 spiro atoms. The number of hydrogen-bond donors (Lipinski definition) is 1. The molecule has 3 heterocycles. The molecule has 7 nitrogen and oxygen atoms in total. The molecule has 0 unspecified atom stereocenters. The zero-order chi connectivity index (χ0) is 13.5. The van der Waals surface area contributed by atoms with Gasteiger partial charge >= 0.3 is 0 Å². The first-order valence-electron chi connectivity index (χ1n) is 6.17. The number of thioether (sulfide) groups is 1. The van der Waals surface area contributed by atoms with Crippen molar-refractivity contribution in [1.29, 1.82) is 0 Å². The molecule has 0 atom stereocenters. The summed E-state index contributed by atoms with van der Waals surface area (Å²) < 4.78 is 1.40. The topological polar surface area (TPSA) is 88.8 Å². The molecular weight excluding hydrogens is 296 g/mol. The lowest BCUT2D eigenvalue weighted by atomic mass is 10.4. The van der Waals surface area contributed by atoms with E-state index in [2.05, 4.69) is 25.3 Å². The SMILES string of the molecule is O=c1cc(CSc2ncn[nH]2)nc2sc(C3CC3)nn12. The Morgan fingerprint density at radius 2 is 2.40 bits per heavy atom. The number of nitrogens with one attached hydrogen (secondary N) is 1. The lowest BCUT2D eigenvalue weighted by Gasteiger charge is -1.97. The van der Waals surface area contributed by atoms with E-state index in [9.17, 15) is 4.79 Å². The Labute approximate surface area is 121 Å². The van der Waals surface area contributed by atoms with Crippen LogP contribution in [0.25, 0.3) is 4.96 Å². The van der Waals surface area contributed by atoms with Crippen molar-refractivity contribution in [3.05, 3.63) is 33.4 Å². The van der Waals surface area contributed by atoms with Crippen molar-refractivity contribution in [2.45, 2.75) is 29.7 Å². The van der Waals surface area contributed by atoms with Gasteiger partial charge in [-0.3, -0.25) is 9.89 Å². The van der Waals surface area contributed by atoms with E-state index in [0.29, 0.717) is 16.6 Å². The smallest absolute Gasteiger partial charge is 0.267 e. The van der Waals surface area contributed by atoms with Crippen LogP contribution in [0.15, 0.2) is 22.3 Å². The molecule has 1 N–H and O–H groups in total. The summed E-state index contributed by atoms with van der Waals surface area (Å²) in [7, 11) is 0. The van der Waals surface area contributed by atoms with Crippen LogP contribution in [0.4, 0.5) is 0 Å². The van der Waals surface area contributed by atoms with Crippen LogP contribution in [-0.4, -0.2) is 29.8 Å². The third-order valence-electron chi connectivity index (χ3n) is 2.99. The van der Waals surface area contributed by atoms with Crippen molar-refractivity contribution in [3.8, 4) is 0 Å². The van der Waals surface area contributed by atoms with Crippen LogP contribution in [0.3, 0.4) is 0 Å². The Bertz CT molecular complexity index is 804. The molecule has 3 aromatic heterocycles. The average molecular weight is 306 g/mol. The molecule has 4 rings (SSSR count). The predicted molar refractivity (Wildman–Crippen MR) is 75.1 cm³/mol. The Balaban J connectivity index is 1.64. The van der Waals surface area contributed by atoms with Crippen molar-refractivity contribution in [2.75, 3.05) is 0 Å². The van der Waals surface area contributed by atoms with Gasteiger partial charge in [-0.25, -0.2) is 9.97 Å². The highest BCUT2D eigenvalue weighted by molar-refractivity contribution is 7.98. The number of nitrogens with zero attached hydrogens (tertiary/aromatic N) is 5. The first kappa shape index (κ1) is 12.0. The van der Waals surface area contributed by atoms with Crippen molar-refractivity contribution >= 4 is 28.1 Å². The van der Waals surface area contributed by atoms with Crippen LogP contribution < -0.4 is 5.56 Å². The Morgan fingerprint density at radius 3 is 3.15 bits per heavy atom. The first-order valence-corrected chi connectivity index (χ1v) is 7.97. The van der Waals surface area contributed by atoms with E-state index < -0.39 is 0 Å². The Kier molecular flexibility index (Phi) is 2.81. The molecular formula is C11H10N6OS2. The maximum Gasteiger partial charge on any atom is 0.275 e. The van der Waals surface area contributed by atoms with Gasteiger partial charge in [-0.2, -0.15) is 14.7 Å². The highest BCUT2D eigenvalue weighted by Gasteiger charge is 2.28. The molecule has 0 amide bonds. The highest BCUT2D eigenvalue weighted by atomic mass is 32.2. The molecule has 102 valence electrons. The van der Waals surface area contributed by atoms with Gasteiger partial charge in [-0.05, 0) is 12.8 Å². The molecule has 0 aliphatic heterocycles. The van der Waals surface area contributed by atoms with Crippen LogP contribution in [0, 0.1) is 0 Å². The molecule has 9 heteroatoms. The summed E-state index contributed by atoms with van der Waals surface area (Å²) in [5, 5.41) is 12.6. The average Bonchev–Trinajstić information content (AvgIpc) is 3.00. The second kappa shape index (κ2) is 4.67. The molecule has 0 radical (unpaired) electrons. The van der Waals surface area contributed by atoms with Crippen LogP contribution in [0.1, 0.15) is 29.5 Å². The standard InChI is InChI=1S/C11H10N6OS2/c18-8-3-7(4-19-10-12-5-13-15-10)14-11-17(8)16-9(20-11)6-1-2-6/h3,5-6H,1-2,4H2,(H,12,13,15). The predicted octanol–water partition coefficient (Wildman–Crippen LogP) is 1.44. The van der Waals surface area contributed by atoms with Gasteiger partial charge in [-0.15, -0.1) is 0 Å². The Morgan fingerprint density at radius 1 is 1.50 bits per heavy atom. The van der Waals surface area contributed by atoms with Gasteiger partial charge in [0.05, 0.1) is 5.69 Å². The minimum Gasteiger partial charge on any atom is -0.267 e. The van der Waals surface area contributed by atoms with E-state index in [4.69, 9.17) is 0 Å². The summed E-state index contributed by atoms with van der Waals surface area (Å²) in [6.07, 6.45) is 3.80. The third-order valence-corrected chi connectivity index (χ3v) is 4.97. The van der Waals surface area contributed by atoms with Crippen LogP contribution in [0.5, 0.6) is 0 Å². The molecule has 0 aromatic carbocycles. The van der Waals surface area contributed by atoms with Crippen LogP contribution >= 0.6 is 23.1 Å². The second-order valence-electron chi connectivity index (χ2n) is 4.57. The molecule has 1 aliphatic rings. The zero-order valence-electron chi connectivity index (χ0n) is 10.3. The third kappa shape index (κ3) is 2.22. The number of aromatic amines is 1. The molecule has 1 aliphatic carbocycles. The van der Waals surface area contributed by atoms with Crippen LogP contribution in [0.2, 0.25) is 0 Å². The summed E-state index contributed by atoms with van der Waals surface area (Å²) in [5.74, 6) is 1.12. The fraction of sp³-hybridized carbons (Fsp3) is 0.364. The minimum atomic E-state index is -0.119. The molecule has 3 aromatic rings. The number of fused-ring (bicyclic) bond motifs is 1. The van der Waals surface area contributed by atoms with Crippen molar-refractivity contribution in [3.63, 3.8) is 0 Å². The molecule has 0 saturated heterocycles. The maximum absolute atomic E-state index is 12.0. The normalized spacial score (nSPS) is 15.0. The summed E-state index contributed by atoms with van der Waals surface area (Å²) in [4.78, 5) is 21.2. The monoisotopic (exact) mass is 306 g/mol. The van der Waals surface area contributed by atoms with Gasteiger partial charge in [0.1, 0.15) is 11.3 Å². The summed E-state index contributed by atoms with van der Waals surface area (Å²) in [5.41, 5.74) is 0.619. The second-order valence-corrected chi connectivity index (χ2v) is 6.53. The molecule has 0 bridgehead atoms. The summed E-state index contributed by atoms with van der Waals surface area (Å²) >= 11 is 2.98. The van der Waals surface area contributed by atoms with Crippen LogP contribution in [-0.2, 0) is 5.75 Å². The van der Waals surface area contributed by atoms with Gasteiger partial charge in [0.25, 0.3) is 5.56 Å². The fourth-order valence-corrected chi connectivity index (χ4v) is 3.61. The van der Waals surface area contributed by atoms with Gasteiger partial charge in [0.15, 0.2) is 5.16 Å². The summed E-state index contributed by atoms with van der Waals surface area (Å²) in [6.45, 7) is 0. The zero-order valence-corrected chi connectivity index (χ0v) is 11.9. The summed E-state index contributed by atoms with van der Waals surface area (Å²) in [6, 6.07) is 1.53. The first-order chi connectivity index (χ1) is 9.79. The van der Waals surface area contributed by atoms with Crippen molar-refractivity contribution in [1.82, 2.24) is 29.8 Å². The number of rotatable bonds is 4. The van der Waals surface area contributed by atoms with E-state index in [1.165, 1.54) is 52.8 Å². The van der Waals surface area contributed by atoms with E-state index in [0.717, 1.165) is 15.9 Å². The maximum atomic E-state index is 12.0. The van der Waals surface area contributed by atoms with Gasteiger partial charge in [-0.1, -0.05) is 23.1 Å². The highest BCUT2D eigenvalue weighted by Crippen LogP contribution is 2.41. The molecule has 1 fully saturated rings. The molecule has 1 saturated carbocycles. The number of hydrogen-bond acceptors (Lipinski definition) is 7. The van der Waals surface area contributed by atoms with Crippen molar-refractivity contribution in [2.24, 2.45) is 0 Å². The van der Waals surface area contributed by atoms with E-state index >= 15 is 0 Å². The quantitative estimate of drug-likeness (QED) is 0.734. The Hall–Kier alpha value is -1.74. The van der Waals surface area contributed by atoms with Gasteiger partial charge in [0, 0.05) is 17.7 Å². The lowest BCUT2D eigenvalue weighted by Crippen LogP contribution is -2.15. The lowest BCUT2D eigenvalue weighted by molar-refractivity contribution is 0.848. The van der Waals surface area contributed by atoms with E-state index in [1.807, 2.05) is 0 Å². The van der Waals surface area contributed by atoms with Gasteiger partial charge in [0.2, 0.25) is 4.96 Å². The number of H-pyrrole nitrogens is 1. The van der Waals surface area contributed by atoms with E-state index in [-0.39, 0.29) is 5.56 Å². The fourth-order valence-electron chi connectivity index (χ4n) is 1.85.